The number of nitrogens with zero attached hydrogens (tertiary/aromatic N) is 4. The largest absolute Gasteiger partial charge is 0.497 e. The molecule has 0 bridgehead atoms. The smallest absolute Gasteiger partial charge is 0.280 e. The maximum Gasteiger partial charge on any atom is 0.280 e. The number of fused-ring (bicyclic) bond motifs is 1. The summed E-state index contributed by atoms with van der Waals surface area (Å²) in [6, 6.07) is 18.5. The van der Waals surface area contributed by atoms with Crippen molar-refractivity contribution in [2.45, 2.75) is 6.92 Å². The molecule has 1 aromatic heterocycles. The average Bonchev–Trinajstić information content (AvgIpc) is 3.22. The van der Waals surface area contributed by atoms with E-state index in [1.807, 2.05) is 37.3 Å². The average molecular weight is 446 g/mol. The Balaban J connectivity index is 1.72. The van der Waals surface area contributed by atoms with E-state index in [0.29, 0.717) is 10.9 Å². The van der Waals surface area contributed by atoms with Gasteiger partial charge in [-0.15, -0.1) is 0 Å². The Labute approximate surface area is 187 Å². The Morgan fingerprint density at radius 1 is 1.12 bits per heavy atom. The van der Waals surface area contributed by atoms with Crippen molar-refractivity contribution in [1.29, 1.82) is 0 Å². The van der Waals surface area contributed by atoms with Gasteiger partial charge < -0.3 is 4.74 Å². The van der Waals surface area contributed by atoms with Crippen LogP contribution in [0.5, 0.6) is 5.75 Å². The number of carbonyl (C=O) groups is 1. The molecule has 0 saturated carbocycles. The van der Waals surface area contributed by atoms with Gasteiger partial charge in [-0.05, 0) is 66.6 Å². The van der Waals surface area contributed by atoms with Crippen LogP contribution in [0.1, 0.15) is 21.5 Å². The molecular weight excluding hydrogens is 428 g/mol. The summed E-state index contributed by atoms with van der Waals surface area (Å²) in [7, 11) is 1.59. The van der Waals surface area contributed by atoms with Gasteiger partial charge in [0.1, 0.15) is 5.75 Å². The molecule has 160 valence electrons. The van der Waals surface area contributed by atoms with E-state index < -0.39 is 10.8 Å². The van der Waals surface area contributed by atoms with Gasteiger partial charge in [0.05, 0.1) is 28.5 Å². The first-order chi connectivity index (χ1) is 15.4. The highest BCUT2D eigenvalue weighted by Crippen LogP contribution is 2.31. The predicted octanol–water partition coefficient (Wildman–Crippen LogP) is 5.20. The fraction of sp³-hybridized carbons (Fsp3) is 0.0870. The predicted molar refractivity (Wildman–Crippen MR) is 125 cm³/mol. The lowest BCUT2D eigenvalue weighted by Gasteiger charge is -2.13. The molecule has 0 saturated heterocycles. The number of aryl methyl sites for hydroxylation is 1. The molecule has 1 amide bonds. The first-order valence-electron chi connectivity index (χ1n) is 9.59. The van der Waals surface area contributed by atoms with Crippen LogP contribution in [0.15, 0.2) is 71.8 Å². The number of anilines is 1. The number of ether oxygens (including phenoxy) is 1. The van der Waals surface area contributed by atoms with Crippen molar-refractivity contribution < 1.29 is 14.5 Å². The number of rotatable bonds is 6. The quantitative estimate of drug-likeness (QED) is 0.230. The van der Waals surface area contributed by atoms with Gasteiger partial charge in [0, 0.05) is 17.7 Å². The molecule has 0 fully saturated rings. The number of methoxy groups -OCH3 is 1. The number of benzene rings is 3. The highest BCUT2D eigenvalue weighted by molar-refractivity contribution is 7.22. The Morgan fingerprint density at radius 2 is 1.84 bits per heavy atom. The zero-order chi connectivity index (χ0) is 22.7. The summed E-state index contributed by atoms with van der Waals surface area (Å²) >= 11 is 1.34. The lowest BCUT2D eigenvalue weighted by atomic mass is 10.2. The minimum absolute atomic E-state index is 0.0923. The third-order valence-corrected chi connectivity index (χ3v) is 5.66. The zero-order valence-corrected chi connectivity index (χ0v) is 18.1. The number of aromatic nitrogens is 1. The van der Waals surface area contributed by atoms with Crippen molar-refractivity contribution in [3.8, 4) is 5.75 Å². The van der Waals surface area contributed by atoms with Crippen LogP contribution in [-0.2, 0) is 0 Å². The van der Waals surface area contributed by atoms with E-state index in [2.05, 4.69) is 10.1 Å². The standard InChI is InChI=1S/C23H18N4O4S/c1-15-3-12-20-21(13-15)32-23(25-20)26(24-14-16-4-10-19(31-2)11-5-16)22(28)17-6-8-18(9-7-17)27(29)30/h3-14H,1-2H3/b24-14+. The van der Waals surface area contributed by atoms with Gasteiger partial charge in [-0.3, -0.25) is 14.9 Å². The SMILES string of the molecule is COc1ccc(/C=N/N(C(=O)c2ccc([N+](=O)[O-])cc2)c2nc3ccc(C)cc3s2)cc1. The van der Waals surface area contributed by atoms with Crippen LogP contribution < -0.4 is 9.75 Å². The zero-order valence-electron chi connectivity index (χ0n) is 17.3. The number of amides is 1. The van der Waals surface area contributed by atoms with E-state index in [0.717, 1.165) is 21.3 Å². The molecule has 4 rings (SSSR count). The summed E-state index contributed by atoms with van der Waals surface area (Å²) < 4.78 is 6.10. The Morgan fingerprint density at radius 3 is 2.50 bits per heavy atom. The third kappa shape index (κ3) is 4.47. The summed E-state index contributed by atoms with van der Waals surface area (Å²) in [5.74, 6) is 0.267. The molecule has 4 aromatic rings. The van der Waals surface area contributed by atoms with Gasteiger partial charge in [-0.25, -0.2) is 4.98 Å². The summed E-state index contributed by atoms with van der Waals surface area (Å²) in [5, 5.41) is 17.0. The molecule has 3 aromatic carbocycles. The Kier molecular flexibility index (Phi) is 5.91. The first-order valence-corrected chi connectivity index (χ1v) is 10.4. The molecule has 0 radical (unpaired) electrons. The molecule has 0 aliphatic carbocycles. The minimum atomic E-state index is -0.510. The second kappa shape index (κ2) is 8.94. The second-order valence-corrected chi connectivity index (χ2v) is 7.92. The molecule has 0 aliphatic heterocycles. The number of carbonyl (C=O) groups excluding carboxylic acids is 1. The van der Waals surface area contributed by atoms with Gasteiger partial charge in [0.25, 0.3) is 11.6 Å². The highest BCUT2D eigenvalue weighted by atomic mass is 32.1. The van der Waals surface area contributed by atoms with Gasteiger partial charge in [0.2, 0.25) is 5.13 Å². The fourth-order valence-electron chi connectivity index (χ4n) is 2.96. The number of hydrazone groups is 1. The van der Waals surface area contributed by atoms with Gasteiger partial charge in [-0.2, -0.15) is 10.1 Å². The van der Waals surface area contributed by atoms with Crippen LogP contribution in [0, 0.1) is 17.0 Å². The first kappa shape index (κ1) is 21.1. The topological polar surface area (TPSA) is 97.9 Å². The molecule has 32 heavy (non-hydrogen) atoms. The number of hydrogen-bond donors (Lipinski definition) is 0. The van der Waals surface area contributed by atoms with E-state index in [9.17, 15) is 14.9 Å². The second-order valence-electron chi connectivity index (χ2n) is 6.91. The van der Waals surface area contributed by atoms with Gasteiger partial charge in [0.15, 0.2) is 0 Å². The van der Waals surface area contributed by atoms with Crippen LogP contribution in [0.25, 0.3) is 10.2 Å². The van der Waals surface area contributed by atoms with Crippen LogP contribution >= 0.6 is 11.3 Å². The summed E-state index contributed by atoms with van der Waals surface area (Å²) in [6.45, 7) is 1.99. The van der Waals surface area contributed by atoms with Crippen molar-refractivity contribution in [3.63, 3.8) is 0 Å². The summed E-state index contributed by atoms with van der Waals surface area (Å²) in [4.78, 5) is 28.3. The molecule has 1 heterocycles. The van der Waals surface area contributed by atoms with Crippen molar-refractivity contribution in [3.05, 3.63) is 93.5 Å². The van der Waals surface area contributed by atoms with Crippen molar-refractivity contribution in [2.24, 2.45) is 5.10 Å². The van der Waals surface area contributed by atoms with Crippen LogP contribution in [-0.4, -0.2) is 29.1 Å². The van der Waals surface area contributed by atoms with Crippen molar-refractivity contribution in [1.82, 2.24) is 4.98 Å². The normalized spacial score (nSPS) is 11.1. The molecule has 0 unspecified atom stereocenters. The van der Waals surface area contributed by atoms with E-state index in [4.69, 9.17) is 4.74 Å². The van der Waals surface area contributed by atoms with Crippen LogP contribution in [0.2, 0.25) is 0 Å². The fourth-order valence-corrected chi connectivity index (χ4v) is 3.98. The molecule has 0 aliphatic rings. The maximum absolute atomic E-state index is 13.3. The number of thiazole rings is 1. The number of nitro groups is 1. The summed E-state index contributed by atoms with van der Waals surface area (Å²) in [5.41, 5.74) is 2.78. The summed E-state index contributed by atoms with van der Waals surface area (Å²) in [6.07, 6.45) is 1.56. The van der Waals surface area contributed by atoms with Crippen molar-refractivity contribution >= 4 is 44.5 Å². The number of hydrogen-bond acceptors (Lipinski definition) is 7. The van der Waals surface area contributed by atoms with E-state index >= 15 is 0 Å². The van der Waals surface area contributed by atoms with E-state index in [-0.39, 0.29) is 11.3 Å². The van der Waals surface area contributed by atoms with E-state index in [1.54, 1.807) is 25.5 Å². The number of non-ortho nitro benzene ring substituents is 1. The van der Waals surface area contributed by atoms with Gasteiger partial charge >= 0.3 is 0 Å². The number of nitro benzene ring substituents is 1. The molecule has 0 spiro atoms. The molecule has 0 N–H and O–H groups in total. The van der Waals surface area contributed by atoms with Crippen LogP contribution in [0.4, 0.5) is 10.8 Å². The van der Waals surface area contributed by atoms with E-state index in [1.165, 1.54) is 40.6 Å². The lowest BCUT2D eigenvalue weighted by molar-refractivity contribution is -0.384. The van der Waals surface area contributed by atoms with Crippen LogP contribution in [0.3, 0.4) is 0 Å². The Bertz CT molecular complexity index is 1310. The third-order valence-electron chi connectivity index (χ3n) is 4.67. The molecule has 8 nitrogen and oxygen atoms in total. The minimum Gasteiger partial charge on any atom is -0.497 e. The molecule has 0 atom stereocenters. The lowest BCUT2D eigenvalue weighted by Crippen LogP contribution is -2.25. The molecular formula is C23H18N4O4S. The molecule has 9 heteroatoms. The maximum atomic E-state index is 13.3. The monoisotopic (exact) mass is 446 g/mol. The van der Waals surface area contributed by atoms with Crippen molar-refractivity contribution in [2.75, 3.05) is 12.1 Å². The van der Waals surface area contributed by atoms with Gasteiger partial charge in [-0.1, -0.05) is 17.4 Å². The highest BCUT2D eigenvalue weighted by Gasteiger charge is 2.22. The Hall–Kier alpha value is -4.11.